The van der Waals surface area contributed by atoms with Gasteiger partial charge in [0, 0.05) is 18.7 Å². The zero-order valence-corrected chi connectivity index (χ0v) is 16.0. The van der Waals surface area contributed by atoms with Gasteiger partial charge in [0.05, 0.1) is 13.7 Å². The molecule has 5 heteroatoms. The van der Waals surface area contributed by atoms with Crippen LogP contribution in [0.25, 0.3) is 0 Å². The van der Waals surface area contributed by atoms with Crippen LogP contribution < -0.4 is 15.4 Å². The third-order valence-corrected chi connectivity index (χ3v) is 4.03. The standard InChI is InChI=1S/C19H34N4O/c1-6-20-19(21-12-9-13-23(7-2)8-3)22-15-17-11-10-16(4)14-18(17)24-5/h10-11,14H,6-9,12-13,15H2,1-5H3,(H2,20,21,22). The van der Waals surface area contributed by atoms with Crippen molar-refractivity contribution >= 4 is 5.96 Å². The van der Waals surface area contributed by atoms with Gasteiger partial charge in [-0.1, -0.05) is 26.0 Å². The molecular weight excluding hydrogens is 300 g/mol. The van der Waals surface area contributed by atoms with E-state index in [2.05, 4.69) is 66.4 Å². The number of benzene rings is 1. The largest absolute Gasteiger partial charge is 0.496 e. The lowest BCUT2D eigenvalue weighted by molar-refractivity contribution is 0.300. The van der Waals surface area contributed by atoms with Gasteiger partial charge in [0.2, 0.25) is 0 Å². The van der Waals surface area contributed by atoms with Crippen molar-refractivity contribution in [2.45, 2.75) is 40.7 Å². The Morgan fingerprint density at radius 2 is 1.92 bits per heavy atom. The van der Waals surface area contributed by atoms with Gasteiger partial charge < -0.3 is 20.3 Å². The van der Waals surface area contributed by atoms with E-state index in [4.69, 9.17) is 4.74 Å². The molecule has 0 saturated carbocycles. The minimum Gasteiger partial charge on any atom is -0.496 e. The SMILES string of the molecule is CCNC(=NCc1ccc(C)cc1OC)NCCCN(CC)CC. The van der Waals surface area contributed by atoms with Crippen molar-refractivity contribution in [1.29, 1.82) is 0 Å². The van der Waals surface area contributed by atoms with Gasteiger partial charge in [-0.2, -0.15) is 0 Å². The van der Waals surface area contributed by atoms with Gasteiger partial charge >= 0.3 is 0 Å². The van der Waals surface area contributed by atoms with Crippen LogP contribution in [0.5, 0.6) is 5.75 Å². The van der Waals surface area contributed by atoms with Gasteiger partial charge in [0.1, 0.15) is 5.75 Å². The van der Waals surface area contributed by atoms with Crippen molar-refractivity contribution < 1.29 is 4.74 Å². The molecular formula is C19H34N4O. The lowest BCUT2D eigenvalue weighted by atomic mass is 10.1. The molecule has 0 bridgehead atoms. The summed E-state index contributed by atoms with van der Waals surface area (Å²) in [6.07, 6.45) is 1.11. The van der Waals surface area contributed by atoms with E-state index in [1.165, 1.54) is 5.56 Å². The van der Waals surface area contributed by atoms with Crippen molar-refractivity contribution in [2.75, 3.05) is 39.8 Å². The second-order valence-electron chi connectivity index (χ2n) is 5.82. The molecule has 0 spiro atoms. The van der Waals surface area contributed by atoms with E-state index in [9.17, 15) is 0 Å². The zero-order valence-electron chi connectivity index (χ0n) is 16.0. The van der Waals surface area contributed by atoms with E-state index in [1.807, 2.05) is 0 Å². The number of methoxy groups -OCH3 is 1. The van der Waals surface area contributed by atoms with E-state index >= 15 is 0 Å². The number of rotatable bonds is 10. The number of ether oxygens (including phenoxy) is 1. The number of hydrogen-bond donors (Lipinski definition) is 2. The van der Waals surface area contributed by atoms with E-state index in [1.54, 1.807) is 7.11 Å². The molecule has 0 fully saturated rings. The minimum absolute atomic E-state index is 0.606. The first-order valence-corrected chi connectivity index (χ1v) is 9.02. The van der Waals surface area contributed by atoms with Crippen LogP contribution in [0.3, 0.4) is 0 Å². The second-order valence-corrected chi connectivity index (χ2v) is 5.82. The van der Waals surface area contributed by atoms with Crippen LogP contribution in [0.15, 0.2) is 23.2 Å². The van der Waals surface area contributed by atoms with Gasteiger partial charge in [0.15, 0.2) is 5.96 Å². The number of nitrogens with one attached hydrogen (secondary N) is 2. The molecule has 0 aliphatic carbocycles. The molecule has 1 rings (SSSR count). The predicted molar refractivity (Wildman–Crippen MR) is 103 cm³/mol. The highest BCUT2D eigenvalue weighted by atomic mass is 16.5. The highest BCUT2D eigenvalue weighted by Crippen LogP contribution is 2.20. The molecule has 0 aliphatic heterocycles. The van der Waals surface area contributed by atoms with Crippen LogP contribution in [0.1, 0.15) is 38.3 Å². The second kappa shape index (κ2) is 11.7. The quantitative estimate of drug-likeness (QED) is 0.392. The summed E-state index contributed by atoms with van der Waals surface area (Å²) in [5.74, 6) is 1.76. The minimum atomic E-state index is 0.606. The van der Waals surface area contributed by atoms with E-state index in [-0.39, 0.29) is 0 Å². The van der Waals surface area contributed by atoms with Gasteiger partial charge in [-0.25, -0.2) is 4.99 Å². The summed E-state index contributed by atoms with van der Waals surface area (Å²) in [5.41, 5.74) is 2.30. The summed E-state index contributed by atoms with van der Waals surface area (Å²) in [5, 5.41) is 6.72. The summed E-state index contributed by atoms with van der Waals surface area (Å²) in [7, 11) is 1.71. The molecule has 1 aromatic carbocycles. The third kappa shape index (κ3) is 7.21. The highest BCUT2D eigenvalue weighted by molar-refractivity contribution is 5.79. The summed E-state index contributed by atoms with van der Waals surface area (Å²) >= 11 is 0. The van der Waals surface area contributed by atoms with Crippen LogP contribution >= 0.6 is 0 Å². The Bertz CT molecular complexity index is 498. The summed E-state index contributed by atoms with van der Waals surface area (Å²) < 4.78 is 5.45. The maximum absolute atomic E-state index is 5.45. The summed E-state index contributed by atoms with van der Waals surface area (Å²) in [6, 6.07) is 6.23. The van der Waals surface area contributed by atoms with Gasteiger partial charge in [0.25, 0.3) is 0 Å². The van der Waals surface area contributed by atoms with Crippen molar-refractivity contribution in [1.82, 2.24) is 15.5 Å². The van der Waals surface area contributed by atoms with Crippen molar-refractivity contribution in [2.24, 2.45) is 4.99 Å². The number of guanidine groups is 1. The fraction of sp³-hybridized carbons (Fsp3) is 0.632. The maximum atomic E-state index is 5.45. The normalized spacial score (nSPS) is 11.7. The number of hydrogen-bond acceptors (Lipinski definition) is 3. The molecule has 0 radical (unpaired) electrons. The molecule has 2 N–H and O–H groups in total. The maximum Gasteiger partial charge on any atom is 0.191 e. The first-order chi connectivity index (χ1) is 11.6. The summed E-state index contributed by atoms with van der Waals surface area (Å²) in [6.45, 7) is 14.3. The fourth-order valence-corrected chi connectivity index (χ4v) is 2.54. The van der Waals surface area contributed by atoms with Crippen LogP contribution in [-0.2, 0) is 6.54 Å². The molecule has 0 aliphatic rings. The number of nitrogens with zero attached hydrogens (tertiary/aromatic N) is 2. The smallest absolute Gasteiger partial charge is 0.191 e. The molecule has 0 heterocycles. The molecule has 5 nitrogen and oxygen atoms in total. The first kappa shape index (κ1) is 20.3. The molecule has 0 amide bonds. The average molecular weight is 335 g/mol. The Morgan fingerprint density at radius 1 is 1.17 bits per heavy atom. The number of aliphatic imine (C=N–C) groups is 1. The zero-order chi connectivity index (χ0) is 17.8. The fourth-order valence-electron chi connectivity index (χ4n) is 2.54. The molecule has 1 aromatic rings. The lowest BCUT2D eigenvalue weighted by Gasteiger charge is -2.18. The third-order valence-electron chi connectivity index (χ3n) is 4.03. The Balaban J connectivity index is 2.56. The van der Waals surface area contributed by atoms with Crippen LogP contribution in [0, 0.1) is 6.92 Å². The summed E-state index contributed by atoms with van der Waals surface area (Å²) in [4.78, 5) is 7.11. The van der Waals surface area contributed by atoms with Gasteiger partial charge in [-0.05, 0) is 51.5 Å². The van der Waals surface area contributed by atoms with Crippen LogP contribution in [-0.4, -0.2) is 50.7 Å². The van der Waals surface area contributed by atoms with E-state index < -0.39 is 0 Å². The Morgan fingerprint density at radius 3 is 2.54 bits per heavy atom. The van der Waals surface area contributed by atoms with Gasteiger partial charge in [-0.15, -0.1) is 0 Å². The first-order valence-electron chi connectivity index (χ1n) is 9.02. The van der Waals surface area contributed by atoms with E-state index in [0.717, 1.165) is 56.4 Å². The molecule has 136 valence electrons. The Labute approximate surface area is 147 Å². The molecule has 0 saturated heterocycles. The van der Waals surface area contributed by atoms with Crippen LogP contribution in [0.2, 0.25) is 0 Å². The molecule has 24 heavy (non-hydrogen) atoms. The molecule has 0 aromatic heterocycles. The van der Waals surface area contributed by atoms with Crippen LogP contribution in [0.4, 0.5) is 0 Å². The monoisotopic (exact) mass is 334 g/mol. The molecule has 0 unspecified atom stereocenters. The number of aryl methyl sites for hydroxylation is 1. The topological polar surface area (TPSA) is 48.9 Å². The van der Waals surface area contributed by atoms with Crippen molar-refractivity contribution in [3.8, 4) is 5.75 Å². The Kier molecular flexibility index (Phi) is 9.92. The lowest BCUT2D eigenvalue weighted by Crippen LogP contribution is -2.38. The van der Waals surface area contributed by atoms with Gasteiger partial charge in [-0.3, -0.25) is 0 Å². The average Bonchev–Trinajstić information content (AvgIpc) is 2.60. The van der Waals surface area contributed by atoms with Crippen molar-refractivity contribution in [3.05, 3.63) is 29.3 Å². The highest BCUT2D eigenvalue weighted by Gasteiger charge is 2.04. The predicted octanol–water partition coefficient (Wildman–Crippen LogP) is 2.79. The molecule has 0 atom stereocenters. The van der Waals surface area contributed by atoms with Crippen molar-refractivity contribution in [3.63, 3.8) is 0 Å². The van der Waals surface area contributed by atoms with E-state index in [0.29, 0.717) is 6.54 Å². The Hall–Kier alpha value is -1.75.